The number of carbonyl (C=O) groups excluding carboxylic acids is 1. The summed E-state index contributed by atoms with van der Waals surface area (Å²) in [6, 6.07) is 1.42. The van der Waals surface area contributed by atoms with Gasteiger partial charge in [-0.05, 0) is 60.5 Å². The Morgan fingerprint density at radius 3 is 2.59 bits per heavy atom. The zero-order valence-corrected chi connectivity index (χ0v) is 18.4. The van der Waals surface area contributed by atoms with Gasteiger partial charge in [-0.15, -0.1) is 11.3 Å². The first kappa shape index (κ1) is 20.7. The number of thiophene rings is 1. The molecule has 0 bridgehead atoms. The van der Waals surface area contributed by atoms with E-state index < -0.39 is 18.3 Å². The fourth-order valence-corrected chi connectivity index (χ4v) is 5.68. The number of aromatic nitrogens is 2. The molecular formula is C19H22BrF3N4OS. The number of hydrogen-bond acceptors (Lipinski definition) is 4. The van der Waals surface area contributed by atoms with E-state index in [0.717, 1.165) is 28.8 Å². The van der Waals surface area contributed by atoms with Crippen LogP contribution in [0.3, 0.4) is 0 Å². The second-order valence-electron chi connectivity index (χ2n) is 7.80. The third kappa shape index (κ3) is 3.69. The van der Waals surface area contributed by atoms with E-state index in [1.165, 1.54) is 11.3 Å². The molecule has 2 aromatic rings. The Balaban J connectivity index is 1.74. The summed E-state index contributed by atoms with van der Waals surface area (Å²) in [5.74, 6) is -0.119. The summed E-state index contributed by atoms with van der Waals surface area (Å²) < 4.78 is 42.8. The van der Waals surface area contributed by atoms with Crippen LogP contribution in [0.5, 0.6) is 0 Å². The van der Waals surface area contributed by atoms with Crippen LogP contribution in [0.15, 0.2) is 22.0 Å². The average Bonchev–Trinajstić information content (AvgIpc) is 3.28. The summed E-state index contributed by atoms with van der Waals surface area (Å²) in [6.45, 7) is 3.95. The number of nitrogens with one attached hydrogen (secondary N) is 1. The molecule has 0 spiro atoms. The molecule has 2 aliphatic heterocycles. The maximum atomic E-state index is 13.9. The van der Waals surface area contributed by atoms with Crippen molar-refractivity contribution in [3.05, 3.63) is 32.6 Å². The van der Waals surface area contributed by atoms with Crippen molar-refractivity contribution in [2.75, 3.05) is 5.32 Å². The number of carbonyl (C=O) groups is 1. The molecule has 0 aliphatic carbocycles. The molecule has 0 aromatic carbocycles. The fourth-order valence-electron chi connectivity index (χ4n) is 4.35. The number of rotatable bonds is 2. The lowest BCUT2D eigenvalue weighted by molar-refractivity contribution is -0.173. The summed E-state index contributed by atoms with van der Waals surface area (Å²) >= 11 is 4.78. The smallest absolute Gasteiger partial charge is 0.362 e. The van der Waals surface area contributed by atoms with Crippen molar-refractivity contribution in [2.24, 2.45) is 0 Å². The molecule has 1 amide bonds. The highest BCUT2D eigenvalue weighted by molar-refractivity contribution is 9.10. The zero-order valence-electron chi connectivity index (χ0n) is 16.0. The number of piperidine rings is 1. The van der Waals surface area contributed by atoms with Gasteiger partial charge in [0, 0.05) is 23.4 Å². The van der Waals surface area contributed by atoms with Crippen molar-refractivity contribution < 1.29 is 18.0 Å². The van der Waals surface area contributed by atoms with Gasteiger partial charge in [0.15, 0.2) is 11.7 Å². The van der Waals surface area contributed by atoms with Gasteiger partial charge in [0.2, 0.25) is 0 Å². The fraction of sp³-hybridized carbons (Fsp3) is 0.579. The Morgan fingerprint density at radius 1 is 1.31 bits per heavy atom. The topological polar surface area (TPSA) is 50.2 Å². The van der Waals surface area contributed by atoms with Crippen molar-refractivity contribution in [1.29, 1.82) is 0 Å². The average molecular weight is 491 g/mol. The van der Waals surface area contributed by atoms with E-state index in [1.54, 1.807) is 4.90 Å². The lowest BCUT2D eigenvalue weighted by Gasteiger charge is -2.38. The van der Waals surface area contributed by atoms with Crippen LogP contribution in [0.25, 0.3) is 0 Å². The number of fused-ring (bicyclic) bond motifs is 1. The Morgan fingerprint density at radius 2 is 2.00 bits per heavy atom. The normalized spacial score (nSPS) is 27.4. The molecule has 4 atom stereocenters. The Bertz CT molecular complexity index is 888. The SMILES string of the molecule is C[C@@H]1CCC[C@@H](C)N1C(=O)c1nn2c(c1Br)N[C@H](c1cccs1)C[C@@H]2C(F)(F)F. The number of amides is 1. The van der Waals surface area contributed by atoms with E-state index in [0.29, 0.717) is 4.47 Å². The van der Waals surface area contributed by atoms with E-state index in [9.17, 15) is 18.0 Å². The zero-order chi connectivity index (χ0) is 20.9. The molecule has 0 saturated carbocycles. The highest BCUT2D eigenvalue weighted by Gasteiger charge is 2.48. The summed E-state index contributed by atoms with van der Waals surface area (Å²) in [6.07, 6.45) is -1.84. The van der Waals surface area contributed by atoms with Gasteiger partial charge in [-0.25, -0.2) is 4.68 Å². The van der Waals surface area contributed by atoms with Crippen molar-refractivity contribution in [1.82, 2.24) is 14.7 Å². The van der Waals surface area contributed by atoms with Gasteiger partial charge in [-0.1, -0.05) is 6.07 Å². The standard InChI is InChI=1S/C19H22BrF3N4OS/c1-10-5-3-6-11(2)26(10)18(28)16-15(20)17-24-12(13-7-4-8-29-13)9-14(19(21,22)23)27(17)25-16/h4,7-8,10-12,14,24H,3,5-6,9H2,1-2H3/t10-,11-,12+,14-/m1/s1. The van der Waals surface area contributed by atoms with Gasteiger partial charge in [0.05, 0.1) is 10.5 Å². The molecule has 1 saturated heterocycles. The molecular weight excluding hydrogens is 469 g/mol. The minimum Gasteiger partial charge on any atom is -0.362 e. The van der Waals surface area contributed by atoms with Crippen LogP contribution >= 0.6 is 27.3 Å². The number of halogens is 4. The molecule has 4 heterocycles. The first-order valence-electron chi connectivity index (χ1n) is 9.65. The van der Waals surface area contributed by atoms with Crippen molar-refractivity contribution >= 4 is 39.0 Å². The van der Waals surface area contributed by atoms with Gasteiger partial charge in [-0.2, -0.15) is 18.3 Å². The van der Waals surface area contributed by atoms with E-state index >= 15 is 0 Å². The second-order valence-corrected chi connectivity index (χ2v) is 9.57. The summed E-state index contributed by atoms with van der Waals surface area (Å²) in [5.41, 5.74) is 0.0363. The molecule has 1 fully saturated rings. The van der Waals surface area contributed by atoms with E-state index in [2.05, 4.69) is 26.3 Å². The summed E-state index contributed by atoms with van der Waals surface area (Å²) in [5, 5.41) is 9.16. The third-order valence-electron chi connectivity index (χ3n) is 5.81. The van der Waals surface area contributed by atoms with Crippen LogP contribution in [0.2, 0.25) is 0 Å². The maximum Gasteiger partial charge on any atom is 0.410 e. The Hall–Kier alpha value is -1.55. The molecule has 158 valence electrons. The minimum absolute atomic E-state index is 0.0297. The molecule has 5 nitrogen and oxygen atoms in total. The van der Waals surface area contributed by atoms with Crippen LogP contribution in [0, 0.1) is 0 Å². The molecule has 0 radical (unpaired) electrons. The van der Waals surface area contributed by atoms with Crippen LogP contribution in [-0.2, 0) is 0 Å². The molecule has 0 unspecified atom stereocenters. The monoisotopic (exact) mass is 490 g/mol. The maximum absolute atomic E-state index is 13.9. The minimum atomic E-state index is -4.47. The quantitative estimate of drug-likeness (QED) is 0.581. The molecule has 29 heavy (non-hydrogen) atoms. The Labute approximate surface area is 179 Å². The van der Waals surface area contributed by atoms with Gasteiger partial charge < -0.3 is 10.2 Å². The molecule has 10 heteroatoms. The van der Waals surface area contributed by atoms with Gasteiger partial charge >= 0.3 is 6.18 Å². The highest BCUT2D eigenvalue weighted by Crippen LogP contribution is 2.47. The van der Waals surface area contributed by atoms with Crippen LogP contribution in [0.1, 0.15) is 67.0 Å². The number of anilines is 1. The number of alkyl halides is 3. The van der Waals surface area contributed by atoms with E-state index in [1.807, 2.05) is 31.4 Å². The number of hydrogen-bond donors (Lipinski definition) is 1. The van der Waals surface area contributed by atoms with Crippen molar-refractivity contribution in [3.63, 3.8) is 0 Å². The first-order valence-corrected chi connectivity index (χ1v) is 11.3. The van der Waals surface area contributed by atoms with Gasteiger partial charge in [-0.3, -0.25) is 4.79 Å². The predicted molar refractivity (Wildman–Crippen MR) is 109 cm³/mol. The van der Waals surface area contributed by atoms with Crippen molar-refractivity contribution in [2.45, 2.75) is 69.9 Å². The van der Waals surface area contributed by atoms with Gasteiger partial charge in [0.1, 0.15) is 5.82 Å². The largest absolute Gasteiger partial charge is 0.410 e. The highest BCUT2D eigenvalue weighted by atomic mass is 79.9. The third-order valence-corrected chi connectivity index (χ3v) is 7.55. The van der Waals surface area contributed by atoms with E-state index in [4.69, 9.17) is 0 Å². The summed E-state index contributed by atoms with van der Waals surface area (Å²) in [7, 11) is 0. The second kappa shape index (κ2) is 7.61. The van der Waals surface area contributed by atoms with Crippen molar-refractivity contribution in [3.8, 4) is 0 Å². The number of nitrogens with zero attached hydrogens (tertiary/aromatic N) is 3. The predicted octanol–water partition coefficient (Wildman–Crippen LogP) is 5.77. The first-order chi connectivity index (χ1) is 13.7. The molecule has 2 aromatic heterocycles. The molecule has 2 aliphatic rings. The van der Waals surface area contributed by atoms with Crippen LogP contribution in [-0.4, -0.2) is 38.8 Å². The molecule has 4 rings (SSSR count). The lowest BCUT2D eigenvalue weighted by Crippen LogP contribution is -2.47. The number of likely N-dealkylation sites (tertiary alicyclic amines) is 1. The van der Waals surface area contributed by atoms with E-state index in [-0.39, 0.29) is 35.9 Å². The van der Waals surface area contributed by atoms with Crippen LogP contribution < -0.4 is 5.32 Å². The summed E-state index contributed by atoms with van der Waals surface area (Å²) in [4.78, 5) is 15.8. The Kier molecular flexibility index (Phi) is 5.43. The van der Waals surface area contributed by atoms with Crippen LogP contribution in [0.4, 0.5) is 19.0 Å². The lowest BCUT2D eigenvalue weighted by atomic mass is 9.97. The molecule has 1 N–H and O–H groups in total. The van der Waals surface area contributed by atoms with Gasteiger partial charge in [0.25, 0.3) is 5.91 Å².